The van der Waals surface area contributed by atoms with Crippen molar-refractivity contribution in [2.45, 2.75) is 51.0 Å². The van der Waals surface area contributed by atoms with Crippen LogP contribution < -0.4 is 0 Å². The number of hydrogen-bond acceptors (Lipinski definition) is 2. The van der Waals surface area contributed by atoms with Crippen molar-refractivity contribution in [3.63, 3.8) is 0 Å². The zero-order valence-corrected chi connectivity index (χ0v) is 12.5. The van der Waals surface area contributed by atoms with Gasteiger partial charge in [-0.2, -0.15) is 4.31 Å². The van der Waals surface area contributed by atoms with Crippen molar-refractivity contribution in [2.75, 3.05) is 6.54 Å². The maximum Gasteiger partial charge on any atom is 0.243 e. The Kier molecular flexibility index (Phi) is 3.06. The first kappa shape index (κ1) is 13.6. The summed E-state index contributed by atoms with van der Waals surface area (Å²) in [5.74, 6) is 0. The quantitative estimate of drug-likeness (QED) is 0.784. The molecule has 0 amide bonds. The zero-order valence-electron chi connectivity index (χ0n) is 11.7. The minimum atomic E-state index is -3.34. The van der Waals surface area contributed by atoms with Crippen LogP contribution in [0.5, 0.6) is 0 Å². The lowest BCUT2D eigenvalue weighted by atomic mass is 9.83. The maximum atomic E-state index is 12.6. The Hall–Kier alpha value is -0.870. The van der Waals surface area contributed by atoms with E-state index < -0.39 is 10.0 Å². The number of sulfonamides is 1. The second-order valence-corrected chi connectivity index (χ2v) is 7.89. The van der Waals surface area contributed by atoms with E-state index in [4.69, 9.17) is 0 Å². The lowest BCUT2D eigenvalue weighted by molar-refractivity contribution is 0.276. The molecule has 0 bridgehead atoms. The summed E-state index contributed by atoms with van der Waals surface area (Å²) in [6.07, 6.45) is 0. The monoisotopic (exact) mass is 267 g/mol. The molecule has 4 heteroatoms. The van der Waals surface area contributed by atoms with Gasteiger partial charge in [0.2, 0.25) is 10.0 Å². The fourth-order valence-corrected chi connectivity index (χ4v) is 4.70. The van der Waals surface area contributed by atoms with Crippen LogP contribution in [0.2, 0.25) is 0 Å². The molecule has 1 aliphatic rings. The molecule has 0 spiro atoms. The van der Waals surface area contributed by atoms with E-state index in [1.807, 2.05) is 32.9 Å². The molecule has 2 rings (SSSR count). The van der Waals surface area contributed by atoms with Crippen LogP contribution in [0, 0.1) is 6.92 Å². The lowest BCUT2D eigenvalue weighted by Crippen LogP contribution is -2.49. The van der Waals surface area contributed by atoms with Gasteiger partial charge in [-0.1, -0.05) is 31.5 Å². The second-order valence-electron chi connectivity index (χ2n) is 6.03. The minimum Gasteiger partial charge on any atom is -0.207 e. The van der Waals surface area contributed by atoms with E-state index in [1.165, 1.54) is 0 Å². The molecular formula is C14H21NO2S. The third-order valence-corrected chi connectivity index (χ3v) is 5.66. The van der Waals surface area contributed by atoms with Crippen molar-refractivity contribution in [1.29, 1.82) is 0 Å². The molecule has 0 fully saturated rings. The van der Waals surface area contributed by atoms with Gasteiger partial charge in [-0.05, 0) is 32.4 Å². The molecule has 18 heavy (non-hydrogen) atoms. The molecule has 1 aliphatic heterocycles. The number of benzene rings is 1. The van der Waals surface area contributed by atoms with Gasteiger partial charge in [-0.25, -0.2) is 8.42 Å². The van der Waals surface area contributed by atoms with Gasteiger partial charge in [-0.15, -0.1) is 0 Å². The summed E-state index contributed by atoms with van der Waals surface area (Å²) in [6, 6.07) is 5.61. The average molecular weight is 267 g/mol. The first-order valence-corrected chi connectivity index (χ1v) is 7.73. The number of hydrogen-bond donors (Lipinski definition) is 0. The molecule has 0 aliphatic carbocycles. The highest BCUT2D eigenvalue weighted by atomic mass is 32.2. The molecule has 1 heterocycles. The van der Waals surface area contributed by atoms with Gasteiger partial charge >= 0.3 is 0 Å². The van der Waals surface area contributed by atoms with Crippen LogP contribution in [-0.2, 0) is 15.4 Å². The minimum absolute atomic E-state index is 0.0104. The molecule has 3 nitrogen and oxygen atoms in total. The summed E-state index contributed by atoms with van der Waals surface area (Å²) in [6.45, 7) is 10.6. The Morgan fingerprint density at radius 2 is 1.89 bits per heavy atom. The predicted molar refractivity (Wildman–Crippen MR) is 73.2 cm³/mol. The van der Waals surface area contributed by atoms with Crippen molar-refractivity contribution < 1.29 is 8.42 Å². The molecule has 0 saturated heterocycles. The van der Waals surface area contributed by atoms with Crippen molar-refractivity contribution >= 4 is 10.0 Å². The van der Waals surface area contributed by atoms with Gasteiger partial charge in [-0.3, -0.25) is 0 Å². The van der Waals surface area contributed by atoms with Crippen LogP contribution in [0.25, 0.3) is 0 Å². The summed E-state index contributed by atoms with van der Waals surface area (Å²) in [7, 11) is -3.34. The molecule has 0 saturated carbocycles. The van der Waals surface area contributed by atoms with Crippen molar-refractivity contribution in [2.24, 2.45) is 0 Å². The van der Waals surface area contributed by atoms with Gasteiger partial charge in [0.1, 0.15) is 0 Å². The fourth-order valence-electron chi connectivity index (χ4n) is 2.54. The average Bonchev–Trinajstić information content (AvgIpc) is 2.23. The Bertz CT molecular complexity index is 573. The van der Waals surface area contributed by atoms with Crippen LogP contribution >= 0.6 is 0 Å². The molecule has 0 aromatic heterocycles. The first-order chi connectivity index (χ1) is 8.16. The van der Waals surface area contributed by atoms with Gasteiger partial charge in [0, 0.05) is 18.0 Å². The Labute approximate surface area is 110 Å². The van der Waals surface area contributed by atoms with E-state index in [0.29, 0.717) is 11.4 Å². The Balaban J connectivity index is 2.72. The third-order valence-electron chi connectivity index (χ3n) is 3.58. The molecule has 0 N–H and O–H groups in total. The van der Waals surface area contributed by atoms with Crippen molar-refractivity contribution in [3.05, 3.63) is 29.3 Å². The molecule has 0 unspecified atom stereocenters. The number of aryl methyl sites for hydroxylation is 1. The largest absolute Gasteiger partial charge is 0.243 e. The summed E-state index contributed by atoms with van der Waals surface area (Å²) in [5.41, 5.74) is 1.91. The summed E-state index contributed by atoms with van der Waals surface area (Å²) in [4.78, 5) is 0.470. The standard InChI is InChI=1S/C14H21NO2S/c1-10(2)15-9-14(4,5)12-8-11(3)6-7-13(12)18(15,16)17/h6-8,10H,9H2,1-5H3. The van der Waals surface area contributed by atoms with Crippen LogP contribution in [0.3, 0.4) is 0 Å². The number of nitrogens with zero attached hydrogens (tertiary/aromatic N) is 1. The van der Waals surface area contributed by atoms with Crippen LogP contribution in [0.4, 0.5) is 0 Å². The maximum absolute atomic E-state index is 12.6. The first-order valence-electron chi connectivity index (χ1n) is 6.29. The fraction of sp³-hybridized carbons (Fsp3) is 0.571. The third kappa shape index (κ3) is 1.97. The van der Waals surface area contributed by atoms with E-state index in [0.717, 1.165) is 11.1 Å². The molecule has 1 aromatic carbocycles. The van der Waals surface area contributed by atoms with E-state index in [9.17, 15) is 8.42 Å². The molecular weight excluding hydrogens is 246 g/mol. The van der Waals surface area contributed by atoms with Gasteiger partial charge in [0.25, 0.3) is 0 Å². The highest BCUT2D eigenvalue weighted by molar-refractivity contribution is 7.89. The Morgan fingerprint density at radius 1 is 1.28 bits per heavy atom. The molecule has 0 radical (unpaired) electrons. The van der Waals surface area contributed by atoms with Crippen LogP contribution in [0.1, 0.15) is 38.8 Å². The Morgan fingerprint density at radius 3 is 2.44 bits per heavy atom. The van der Waals surface area contributed by atoms with Crippen LogP contribution in [-0.4, -0.2) is 25.3 Å². The number of rotatable bonds is 1. The van der Waals surface area contributed by atoms with E-state index in [1.54, 1.807) is 10.4 Å². The van der Waals surface area contributed by atoms with Gasteiger partial charge in [0.15, 0.2) is 0 Å². The topological polar surface area (TPSA) is 37.4 Å². The zero-order chi connectivity index (χ0) is 13.7. The smallest absolute Gasteiger partial charge is 0.207 e. The summed E-state index contributed by atoms with van der Waals surface area (Å²) < 4.78 is 26.7. The predicted octanol–water partition coefficient (Wildman–Crippen LogP) is 2.69. The highest BCUT2D eigenvalue weighted by Crippen LogP contribution is 2.38. The summed E-state index contributed by atoms with van der Waals surface area (Å²) in [5, 5.41) is 0. The van der Waals surface area contributed by atoms with E-state index >= 15 is 0 Å². The van der Waals surface area contributed by atoms with Crippen LogP contribution in [0.15, 0.2) is 23.1 Å². The van der Waals surface area contributed by atoms with E-state index in [-0.39, 0.29) is 11.5 Å². The normalized spacial score (nSPS) is 21.9. The van der Waals surface area contributed by atoms with Gasteiger partial charge < -0.3 is 0 Å². The number of fused-ring (bicyclic) bond motifs is 1. The molecule has 1 aromatic rings. The molecule has 100 valence electrons. The lowest BCUT2D eigenvalue weighted by Gasteiger charge is -2.41. The highest BCUT2D eigenvalue weighted by Gasteiger charge is 2.42. The molecule has 0 atom stereocenters. The SMILES string of the molecule is Cc1ccc2c(c1)C(C)(C)CN(C(C)C)S2(=O)=O. The van der Waals surface area contributed by atoms with Crippen molar-refractivity contribution in [1.82, 2.24) is 4.31 Å². The summed E-state index contributed by atoms with van der Waals surface area (Å²) >= 11 is 0. The van der Waals surface area contributed by atoms with Gasteiger partial charge in [0.05, 0.1) is 4.90 Å². The second kappa shape index (κ2) is 4.07. The van der Waals surface area contributed by atoms with E-state index in [2.05, 4.69) is 13.8 Å². The van der Waals surface area contributed by atoms with Crippen molar-refractivity contribution in [3.8, 4) is 0 Å².